The van der Waals surface area contributed by atoms with Gasteiger partial charge < -0.3 is 14.5 Å². The number of carbonyl (C=O) groups is 2. The first-order chi connectivity index (χ1) is 14.0. The van der Waals surface area contributed by atoms with Gasteiger partial charge in [-0.3, -0.25) is 9.59 Å². The fraction of sp³-hybridized carbons (Fsp3) is 0.273. The molecule has 1 aliphatic heterocycles. The van der Waals surface area contributed by atoms with Crippen molar-refractivity contribution in [3.63, 3.8) is 0 Å². The molecule has 3 rings (SSSR count). The Labute approximate surface area is 168 Å². The minimum Gasteiger partial charge on any atom is -0.497 e. The van der Waals surface area contributed by atoms with E-state index in [2.05, 4.69) is 0 Å². The van der Waals surface area contributed by atoms with Gasteiger partial charge in [-0.25, -0.2) is 8.78 Å². The Bertz CT molecular complexity index is 930. The quantitative estimate of drug-likeness (QED) is 0.724. The minimum absolute atomic E-state index is 0.0206. The Hall–Kier alpha value is -3.22. The van der Waals surface area contributed by atoms with E-state index in [1.54, 1.807) is 16.9 Å². The molecule has 0 bridgehead atoms. The van der Waals surface area contributed by atoms with E-state index in [0.717, 1.165) is 23.4 Å². The van der Waals surface area contributed by atoms with Crippen molar-refractivity contribution in [2.45, 2.75) is 13.0 Å². The average molecular weight is 400 g/mol. The van der Waals surface area contributed by atoms with Gasteiger partial charge in [0.2, 0.25) is 11.8 Å². The van der Waals surface area contributed by atoms with Crippen LogP contribution < -0.4 is 4.74 Å². The Morgan fingerprint density at radius 3 is 2.69 bits per heavy atom. The van der Waals surface area contributed by atoms with Crippen LogP contribution in [0, 0.1) is 11.6 Å². The van der Waals surface area contributed by atoms with Crippen LogP contribution in [0.3, 0.4) is 0 Å². The molecule has 2 aromatic rings. The number of hydrogen-bond acceptors (Lipinski definition) is 3. The molecule has 29 heavy (non-hydrogen) atoms. The second kappa shape index (κ2) is 9.32. The standard InChI is InChI=1S/C22H22F2N2O3/c1-29-18-4-2-3-17(13-18)15-26-12-11-25(10-9-22(26)28)21(27)8-6-16-5-7-19(23)20(24)14-16/h2-8,13-14H,9-12,15H2,1H3/b8-6+. The van der Waals surface area contributed by atoms with Crippen molar-refractivity contribution in [1.29, 1.82) is 0 Å². The predicted octanol–water partition coefficient (Wildman–Crippen LogP) is 3.25. The largest absolute Gasteiger partial charge is 0.497 e. The molecule has 1 aliphatic rings. The first-order valence-electron chi connectivity index (χ1n) is 9.29. The van der Waals surface area contributed by atoms with E-state index in [-0.39, 0.29) is 18.2 Å². The first kappa shape index (κ1) is 20.5. The summed E-state index contributed by atoms with van der Waals surface area (Å²) in [6.45, 7) is 1.58. The highest BCUT2D eigenvalue weighted by molar-refractivity contribution is 5.92. The van der Waals surface area contributed by atoms with Crippen molar-refractivity contribution in [2.24, 2.45) is 0 Å². The van der Waals surface area contributed by atoms with Gasteiger partial charge in [0.05, 0.1) is 7.11 Å². The number of hydrogen-bond donors (Lipinski definition) is 0. The molecule has 5 nitrogen and oxygen atoms in total. The van der Waals surface area contributed by atoms with Crippen LogP contribution >= 0.6 is 0 Å². The maximum Gasteiger partial charge on any atom is 0.246 e. The van der Waals surface area contributed by atoms with Crippen molar-refractivity contribution in [3.8, 4) is 5.75 Å². The van der Waals surface area contributed by atoms with Gasteiger partial charge in [0.1, 0.15) is 5.75 Å². The van der Waals surface area contributed by atoms with E-state index in [1.165, 1.54) is 18.2 Å². The Kier molecular flexibility index (Phi) is 6.59. The molecule has 1 heterocycles. The average Bonchev–Trinajstić information content (AvgIpc) is 2.91. The highest BCUT2D eigenvalue weighted by Gasteiger charge is 2.23. The van der Waals surface area contributed by atoms with Gasteiger partial charge in [-0.05, 0) is 41.5 Å². The molecule has 2 amide bonds. The molecule has 0 radical (unpaired) electrons. The van der Waals surface area contributed by atoms with E-state index >= 15 is 0 Å². The lowest BCUT2D eigenvalue weighted by Crippen LogP contribution is -2.34. The van der Waals surface area contributed by atoms with E-state index in [1.807, 2.05) is 24.3 Å². The normalized spacial score (nSPS) is 14.9. The smallest absolute Gasteiger partial charge is 0.246 e. The summed E-state index contributed by atoms with van der Waals surface area (Å²) in [4.78, 5) is 28.2. The van der Waals surface area contributed by atoms with Gasteiger partial charge in [0.25, 0.3) is 0 Å². The summed E-state index contributed by atoms with van der Waals surface area (Å²) in [7, 11) is 1.59. The zero-order valence-corrected chi connectivity index (χ0v) is 16.1. The molecule has 1 fully saturated rings. The molecule has 152 valence electrons. The molecule has 0 aromatic heterocycles. The monoisotopic (exact) mass is 400 g/mol. The molecule has 1 saturated heterocycles. The van der Waals surface area contributed by atoms with Crippen LogP contribution in [-0.2, 0) is 16.1 Å². The Morgan fingerprint density at radius 2 is 1.93 bits per heavy atom. The molecule has 0 saturated carbocycles. The third-order valence-electron chi connectivity index (χ3n) is 4.77. The van der Waals surface area contributed by atoms with Gasteiger partial charge >= 0.3 is 0 Å². The number of nitrogens with zero attached hydrogens (tertiary/aromatic N) is 2. The van der Waals surface area contributed by atoms with Crippen LogP contribution in [-0.4, -0.2) is 48.4 Å². The molecule has 0 unspecified atom stereocenters. The fourth-order valence-electron chi connectivity index (χ4n) is 3.13. The highest BCUT2D eigenvalue weighted by Crippen LogP contribution is 2.16. The number of methoxy groups -OCH3 is 1. The van der Waals surface area contributed by atoms with E-state index in [4.69, 9.17) is 4.74 Å². The zero-order chi connectivity index (χ0) is 20.8. The van der Waals surface area contributed by atoms with Crippen LogP contribution in [0.2, 0.25) is 0 Å². The molecule has 0 spiro atoms. The number of benzene rings is 2. The molecular formula is C22H22F2N2O3. The van der Waals surface area contributed by atoms with Crippen molar-refractivity contribution in [3.05, 3.63) is 71.3 Å². The molecule has 2 aromatic carbocycles. The van der Waals surface area contributed by atoms with Crippen molar-refractivity contribution >= 4 is 17.9 Å². The van der Waals surface area contributed by atoms with Gasteiger partial charge in [-0.2, -0.15) is 0 Å². The lowest BCUT2D eigenvalue weighted by Gasteiger charge is -2.22. The topological polar surface area (TPSA) is 49.9 Å². The number of amides is 2. The van der Waals surface area contributed by atoms with Gasteiger partial charge in [-0.15, -0.1) is 0 Å². The number of ether oxygens (including phenoxy) is 1. The van der Waals surface area contributed by atoms with E-state index in [9.17, 15) is 18.4 Å². The summed E-state index contributed by atoms with van der Waals surface area (Å²) in [6, 6.07) is 11.0. The lowest BCUT2D eigenvalue weighted by molar-refractivity contribution is -0.130. The summed E-state index contributed by atoms with van der Waals surface area (Å²) in [6.07, 6.45) is 2.98. The third-order valence-corrected chi connectivity index (χ3v) is 4.77. The molecule has 0 aliphatic carbocycles. The maximum atomic E-state index is 13.3. The van der Waals surface area contributed by atoms with Crippen LogP contribution in [0.4, 0.5) is 8.78 Å². The number of halogens is 2. The summed E-state index contributed by atoms with van der Waals surface area (Å²) in [5.41, 5.74) is 1.35. The van der Waals surface area contributed by atoms with Crippen molar-refractivity contribution in [1.82, 2.24) is 9.80 Å². The molecule has 0 N–H and O–H groups in total. The lowest BCUT2D eigenvalue weighted by atomic mass is 10.2. The van der Waals surface area contributed by atoms with Crippen LogP contribution in [0.15, 0.2) is 48.5 Å². The SMILES string of the molecule is COc1cccc(CN2CCN(C(=O)/C=C/c3ccc(F)c(F)c3)CCC2=O)c1. The molecular weight excluding hydrogens is 378 g/mol. The summed E-state index contributed by atoms with van der Waals surface area (Å²) >= 11 is 0. The third kappa shape index (κ3) is 5.40. The van der Waals surface area contributed by atoms with Gasteiger partial charge in [0.15, 0.2) is 11.6 Å². The van der Waals surface area contributed by atoms with E-state index < -0.39 is 11.6 Å². The maximum absolute atomic E-state index is 13.3. The van der Waals surface area contributed by atoms with E-state index in [0.29, 0.717) is 31.7 Å². The Morgan fingerprint density at radius 1 is 1.10 bits per heavy atom. The fourth-order valence-corrected chi connectivity index (χ4v) is 3.13. The van der Waals surface area contributed by atoms with Gasteiger partial charge in [0, 0.05) is 38.7 Å². The number of rotatable bonds is 5. The zero-order valence-electron chi connectivity index (χ0n) is 16.1. The minimum atomic E-state index is -0.965. The second-order valence-electron chi connectivity index (χ2n) is 6.75. The van der Waals surface area contributed by atoms with Gasteiger partial charge in [-0.1, -0.05) is 18.2 Å². The van der Waals surface area contributed by atoms with Crippen LogP contribution in [0.25, 0.3) is 6.08 Å². The van der Waals surface area contributed by atoms with Crippen molar-refractivity contribution in [2.75, 3.05) is 26.7 Å². The molecule has 0 atom stereocenters. The van der Waals surface area contributed by atoms with Crippen LogP contribution in [0.1, 0.15) is 17.5 Å². The number of carbonyl (C=O) groups excluding carboxylic acids is 2. The van der Waals surface area contributed by atoms with Crippen LogP contribution in [0.5, 0.6) is 5.75 Å². The summed E-state index contributed by atoms with van der Waals surface area (Å²) in [5, 5.41) is 0. The first-order valence-corrected chi connectivity index (χ1v) is 9.29. The highest BCUT2D eigenvalue weighted by atomic mass is 19.2. The molecule has 7 heteroatoms. The summed E-state index contributed by atoms with van der Waals surface area (Å²) in [5.74, 6) is -1.47. The van der Waals surface area contributed by atoms with Crippen molar-refractivity contribution < 1.29 is 23.1 Å². The summed E-state index contributed by atoms with van der Waals surface area (Å²) < 4.78 is 31.5. The second-order valence-corrected chi connectivity index (χ2v) is 6.75. The predicted molar refractivity (Wildman–Crippen MR) is 105 cm³/mol. The Balaban J connectivity index is 1.61.